The Balaban J connectivity index is 2.47. The number of nitrogens with two attached hydrogens (primary N) is 1. The number of benzene rings is 1. The van der Waals surface area contributed by atoms with Gasteiger partial charge in [-0.15, -0.1) is 0 Å². The fourth-order valence-electron chi connectivity index (χ4n) is 3.44. The molecule has 0 aliphatic heterocycles. The normalized spacial score (nSPS) is 14.9. The smallest absolute Gasteiger partial charge is 0.261 e. The highest BCUT2D eigenvalue weighted by atomic mass is 16.5. The minimum Gasteiger partial charge on any atom is -0.496 e. The van der Waals surface area contributed by atoms with Crippen molar-refractivity contribution in [2.75, 3.05) is 12.4 Å². The number of methoxy groups -OCH3 is 1. The molecule has 162 valence electrons. The number of carbonyl (C=O) groups is 2. The van der Waals surface area contributed by atoms with Gasteiger partial charge >= 0.3 is 0 Å². The average molecular weight is 411 g/mol. The summed E-state index contributed by atoms with van der Waals surface area (Å²) in [6, 6.07) is 3.91. The molecule has 0 aromatic heterocycles. The zero-order valence-corrected chi connectivity index (χ0v) is 19.2. The number of ether oxygens (including phenoxy) is 1. The average Bonchev–Trinajstić information content (AvgIpc) is 2.67. The molecular formula is C25H34N2O3. The first-order valence-corrected chi connectivity index (χ1v) is 10.3. The van der Waals surface area contributed by atoms with Crippen LogP contribution in [0.2, 0.25) is 0 Å². The Hall–Kier alpha value is -2.82. The van der Waals surface area contributed by atoms with Crippen LogP contribution in [0.3, 0.4) is 0 Å². The van der Waals surface area contributed by atoms with E-state index in [9.17, 15) is 9.59 Å². The largest absolute Gasteiger partial charge is 0.496 e. The van der Waals surface area contributed by atoms with Crippen molar-refractivity contribution in [2.24, 2.45) is 5.73 Å². The SMILES string of the molecule is COc1cc(NC(=O)/C(=C\N)C(=O)C2=CCCC=C2)c(C(C)(C)C)cc1C(C)(C)C. The molecule has 1 aromatic carbocycles. The molecule has 0 unspecified atom stereocenters. The summed E-state index contributed by atoms with van der Waals surface area (Å²) >= 11 is 0. The van der Waals surface area contributed by atoms with Gasteiger partial charge < -0.3 is 15.8 Å². The van der Waals surface area contributed by atoms with Crippen molar-refractivity contribution >= 4 is 17.4 Å². The second kappa shape index (κ2) is 8.90. The van der Waals surface area contributed by atoms with Gasteiger partial charge in [-0.25, -0.2) is 0 Å². The van der Waals surface area contributed by atoms with Gasteiger partial charge in [-0.05, 0) is 40.9 Å². The number of hydrogen-bond donors (Lipinski definition) is 2. The molecule has 5 nitrogen and oxygen atoms in total. The predicted octanol–water partition coefficient (Wildman–Crippen LogP) is 4.92. The van der Waals surface area contributed by atoms with Crippen LogP contribution in [-0.2, 0) is 20.4 Å². The van der Waals surface area contributed by atoms with Gasteiger partial charge in [-0.2, -0.15) is 0 Å². The summed E-state index contributed by atoms with van der Waals surface area (Å²) in [5, 5.41) is 2.90. The molecule has 0 radical (unpaired) electrons. The van der Waals surface area contributed by atoms with Crippen molar-refractivity contribution in [3.63, 3.8) is 0 Å². The van der Waals surface area contributed by atoms with E-state index in [0.29, 0.717) is 17.0 Å². The highest BCUT2D eigenvalue weighted by Gasteiger charge is 2.28. The number of hydrogen-bond acceptors (Lipinski definition) is 4. The van der Waals surface area contributed by atoms with E-state index in [4.69, 9.17) is 10.5 Å². The summed E-state index contributed by atoms with van der Waals surface area (Å²) < 4.78 is 5.62. The Morgan fingerprint density at radius 2 is 1.67 bits per heavy atom. The summed E-state index contributed by atoms with van der Waals surface area (Å²) in [5.41, 5.74) is 8.34. The van der Waals surface area contributed by atoms with Crippen LogP contribution in [0.15, 0.2) is 47.7 Å². The van der Waals surface area contributed by atoms with Crippen LogP contribution < -0.4 is 15.8 Å². The van der Waals surface area contributed by atoms with Gasteiger partial charge in [-0.1, -0.05) is 59.8 Å². The minimum absolute atomic E-state index is 0.0773. The van der Waals surface area contributed by atoms with Gasteiger partial charge in [0.15, 0.2) is 5.78 Å². The molecule has 3 N–H and O–H groups in total. The zero-order chi connectivity index (χ0) is 22.7. The Kier molecular flexibility index (Phi) is 6.96. The van der Waals surface area contributed by atoms with Gasteiger partial charge in [0.2, 0.25) is 0 Å². The summed E-state index contributed by atoms with van der Waals surface area (Å²) in [6.45, 7) is 12.6. The third kappa shape index (κ3) is 5.21. The summed E-state index contributed by atoms with van der Waals surface area (Å²) in [4.78, 5) is 25.8. The second-order valence-electron chi connectivity index (χ2n) is 9.60. The molecule has 5 heteroatoms. The topological polar surface area (TPSA) is 81.4 Å². The molecule has 0 atom stereocenters. The number of anilines is 1. The Morgan fingerprint density at radius 1 is 1.03 bits per heavy atom. The van der Waals surface area contributed by atoms with Crippen LogP contribution in [0.5, 0.6) is 5.75 Å². The lowest BCUT2D eigenvalue weighted by molar-refractivity contribution is -0.118. The first-order valence-electron chi connectivity index (χ1n) is 10.3. The molecule has 0 bridgehead atoms. The second-order valence-corrected chi connectivity index (χ2v) is 9.60. The van der Waals surface area contributed by atoms with Gasteiger partial charge in [-0.3, -0.25) is 9.59 Å². The number of ketones is 1. The molecule has 1 aliphatic carbocycles. The molecule has 0 fully saturated rings. The van der Waals surface area contributed by atoms with Crippen molar-refractivity contribution in [1.29, 1.82) is 0 Å². The number of rotatable bonds is 5. The number of nitrogens with one attached hydrogen (secondary N) is 1. The van der Waals surface area contributed by atoms with Gasteiger partial charge in [0.1, 0.15) is 11.3 Å². The third-order valence-corrected chi connectivity index (χ3v) is 5.12. The number of amides is 1. The number of allylic oxidation sites excluding steroid dienone is 4. The van der Waals surface area contributed by atoms with E-state index in [1.165, 1.54) is 0 Å². The molecule has 2 rings (SSSR count). The van der Waals surface area contributed by atoms with E-state index >= 15 is 0 Å². The van der Waals surface area contributed by atoms with Gasteiger partial charge in [0.05, 0.1) is 7.11 Å². The van der Waals surface area contributed by atoms with E-state index in [0.717, 1.165) is 30.2 Å². The lowest BCUT2D eigenvalue weighted by Gasteiger charge is -2.29. The van der Waals surface area contributed by atoms with E-state index in [2.05, 4.69) is 52.9 Å². The monoisotopic (exact) mass is 410 g/mol. The lowest BCUT2D eigenvalue weighted by Crippen LogP contribution is -2.26. The summed E-state index contributed by atoms with van der Waals surface area (Å²) in [5.74, 6) is -0.215. The van der Waals surface area contributed by atoms with E-state index in [1.54, 1.807) is 13.2 Å². The maximum atomic E-state index is 13.0. The molecular weight excluding hydrogens is 376 g/mol. The molecule has 1 aliphatic rings. The van der Waals surface area contributed by atoms with Crippen molar-refractivity contribution < 1.29 is 14.3 Å². The Labute approximate surface area is 180 Å². The lowest BCUT2D eigenvalue weighted by atomic mass is 9.79. The highest BCUT2D eigenvalue weighted by molar-refractivity contribution is 6.29. The van der Waals surface area contributed by atoms with E-state index < -0.39 is 5.91 Å². The number of Topliss-reactive ketones (excluding diaryl/α,β-unsaturated/α-hetero) is 1. The number of carbonyl (C=O) groups excluding carboxylic acids is 2. The molecule has 0 spiro atoms. The molecule has 1 amide bonds. The van der Waals surface area contributed by atoms with Crippen LogP contribution in [0.1, 0.15) is 65.5 Å². The molecule has 0 saturated heterocycles. The minimum atomic E-state index is -0.529. The van der Waals surface area contributed by atoms with Crippen LogP contribution in [-0.4, -0.2) is 18.8 Å². The highest BCUT2D eigenvalue weighted by Crippen LogP contribution is 2.40. The zero-order valence-electron chi connectivity index (χ0n) is 19.2. The van der Waals surface area contributed by atoms with E-state index in [-0.39, 0.29) is 22.2 Å². The maximum absolute atomic E-state index is 13.0. The van der Waals surface area contributed by atoms with Crippen LogP contribution in [0, 0.1) is 0 Å². The standard InChI is InChI=1S/C25H34N2O3/c1-24(2,3)18-13-19(25(4,5)6)21(30-7)14-20(18)27-23(29)17(15-26)22(28)16-11-9-8-10-12-16/h9,11-15H,8,10,26H2,1-7H3,(H,27,29)/b17-15-. The molecule has 0 saturated carbocycles. The molecule has 30 heavy (non-hydrogen) atoms. The molecule has 0 heterocycles. The van der Waals surface area contributed by atoms with Gasteiger partial charge in [0, 0.05) is 23.5 Å². The van der Waals surface area contributed by atoms with Gasteiger partial charge in [0.25, 0.3) is 5.91 Å². The quantitative estimate of drug-likeness (QED) is 0.410. The summed E-state index contributed by atoms with van der Waals surface area (Å²) in [6.07, 6.45) is 8.24. The maximum Gasteiger partial charge on any atom is 0.261 e. The van der Waals surface area contributed by atoms with Crippen molar-refractivity contribution in [3.05, 3.63) is 58.8 Å². The van der Waals surface area contributed by atoms with Crippen LogP contribution in [0.25, 0.3) is 0 Å². The molecule has 1 aromatic rings. The predicted molar refractivity (Wildman–Crippen MR) is 123 cm³/mol. The first kappa shape index (κ1) is 23.5. The fourth-order valence-corrected chi connectivity index (χ4v) is 3.44. The van der Waals surface area contributed by atoms with Crippen LogP contribution in [0.4, 0.5) is 5.69 Å². The van der Waals surface area contributed by atoms with Crippen molar-refractivity contribution in [1.82, 2.24) is 0 Å². The summed E-state index contributed by atoms with van der Waals surface area (Å²) in [7, 11) is 1.61. The van der Waals surface area contributed by atoms with Crippen LogP contribution >= 0.6 is 0 Å². The van der Waals surface area contributed by atoms with E-state index in [1.807, 2.05) is 18.2 Å². The van der Waals surface area contributed by atoms with Crippen molar-refractivity contribution in [3.8, 4) is 5.75 Å². The third-order valence-electron chi connectivity index (χ3n) is 5.12. The fraction of sp³-hybridized carbons (Fsp3) is 0.440. The Bertz CT molecular complexity index is 923. The first-order chi connectivity index (χ1) is 13.9. The Morgan fingerprint density at radius 3 is 2.13 bits per heavy atom. The van der Waals surface area contributed by atoms with Crippen molar-refractivity contribution in [2.45, 2.75) is 65.2 Å².